The molecule has 1 aliphatic rings. The highest BCUT2D eigenvalue weighted by Gasteiger charge is 2.15. The van der Waals surface area contributed by atoms with E-state index in [1.807, 2.05) is 11.5 Å². The van der Waals surface area contributed by atoms with Crippen molar-refractivity contribution in [3.63, 3.8) is 0 Å². The molecule has 0 aliphatic carbocycles. The summed E-state index contributed by atoms with van der Waals surface area (Å²) in [6.07, 6.45) is 3.85. The smallest absolute Gasteiger partial charge is 0.223 e. The number of rotatable bonds is 3. The molecule has 1 N–H and O–H groups in total. The molecule has 1 aromatic carbocycles. The van der Waals surface area contributed by atoms with Crippen molar-refractivity contribution >= 4 is 5.69 Å². The molecule has 0 fully saturated rings. The third-order valence-corrected chi connectivity index (χ3v) is 4.14. The SMILES string of the molecule is Cc1cc(=O)c(O)cn1CCN1CCCc2ccccc21. The maximum atomic E-state index is 11.4. The van der Waals surface area contributed by atoms with Gasteiger partial charge in [-0.15, -0.1) is 0 Å². The predicted octanol–water partition coefficient (Wildman–Crippen LogP) is 2.32. The molecule has 0 saturated heterocycles. The molecule has 0 radical (unpaired) electrons. The molecule has 1 aromatic heterocycles. The number of anilines is 1. The van der Waals surface area contributed by atoms with Crippen molar-refractivity contribution < 1.29 is 5.11 Å². The minimum Gasteiger partial charge on any atom is -0.503 e. The van der Waals surface area contributed by atoms with Gasteiger partial charge in [0.1, 0.15) is 0 Å². The van der Waals surface area contributed by atoms with Crippen LogP contribution in [-0.4, -0.2) is 22.8 Å². The fraction of sp³-hybridized carbons (Fsp3) is 0.353. The largest absolute Gasteiger partial charge is 0.503 e. The van der Waals surface area contributed by atoms with Gasteiger partial charge in [-0.3, -0.25) is 4.79 Å². The fourth-order valence-electron chi connectivity index (χ4n) is 2.97. The highest BCUT2D eigenvalue weighted by molar-refractivity contribution is 5.55. The van der Waals surface area contributed by atoms with E-state index in [1.54, 1.807) is 0 Å². The van der Waals surface area contributed by atoms with Crippen LogP contribution in [0.5, 0.6) is 5.75 Å². The molecule has 2 aromatic rings. The Morgan fingerprint density at radius 2 is 2.05 bits per heavy atom. The zero-order chi connectivity index (χ0) is 14.8. The molecule has 110 valence electrons. The molecule has 0 unspecified atom stereocenters. The van der Waals surface area contributed by atoms with Crippen molar-refractivity contribution in [1.29, 1.82) is 0 Å². The van der Waals surface area contributed by atoms with E-state index in [2.05, 4.69) is 29.2 Å². The number of aryl methyl sites for hydroxylation is 2. The second-order valence-electron chi connectivity index (χ2n) is 5.58. The zero-order valence-corrected chi connectivity index (χ0v) is 12.2. The zero-order valence-electron chi connectivity index (χ0n) is 12.2. The van der Waals surface area contributed by atoms with Gasteiger partial charge in [-0.25, -0.2) is 0 Å². The number of para-hydroxylation sites is 1. The molecule has 3 rings (SSSR count). The van der Waals surface area contributed by atoms with Crippen LogP contribution in [0.4, 0.5) is 5.69 Å². The standard InChI is InChI=1S/C17H20N2O2/c1-13-11-16(20)17(21)12-19(13)10-9-18-8-4-6-14-5-2-3-7-15(14)18/h2-3,5,7,11-12,21H,4,6,8-10H2,1H3. The number of aromatic nitrogens is 1. The van der Waals surface area contributed by atoms with E-state index >= 15 is 0 Å². The van der Waals surface area contributed by atoms with Crippen LogP contribution in [0.2, 0.25) is 0 Å². The molecule has 0 atom stereocenters. The summed E-state index contributed by atoms with van der Waals surface area (Å²) in [6, 6.07) is 10.0. The fourth-order valence-corrected chi connectivity index (χ4v) is 2.97. The first-order valence-corrected chi connectivity index (χ1v) is 7.38. The topological polar surface area (TPSA) is 45.5 Å². The first kappa shape index (κ1) is 13.7. The van der Waals surface area contributed by atoms with Gasteiger partial charge in [0.15, 0.2) is 5.75 Å². The van der Waals surface area contributed by atoms with Crippen LogP contribution in [0, 0.1) is 6.92 Å². The number of pyridine rings is 1. The second-order valence-corrected chi connectivity index (χ2v) is 5.58. The van der Waals surface area contributed by atoms with Gasteiger partial charge in [0.2, 0.25) is 5.43 Å². The maximum Gasteiger partial charge on any atom is 0.223 e. The Morgan fingerprint density at radius 1 is 1.24 bits per heavy atom. The van der Waals surface area contributed by atoms with Crippen molar-refractivity contribution in [2.24, 2.45) is 0 Å². The van der Waals surface area contributed by atoms with E-state index in [1.165, 1.54) is 29.9 Å². The minimum absolute atomic E-state index is 0.181. The summed E-state index contributed by atoms with van der Waals surface area (Å²) in [4.78, 5) is 13.8. The molecule has 0 saturated carbocycles. The average molecular weight is 284 g/mol. The quantitative estimate of drug-likeness (QED) is 0.941. The molecule has 0 amide bonds. The summed E-state index contributed by atoms with van der Waals surface area (Å²) in [5, 5.41) is 9.57. The number of benzene rings is 1. The molecule has 4 nitrogen and oxygen atoms in total. The highest BCUT2D eigenvalue weighted by atomic mass is 16.3. The summed E-state index contributed by atoms with van der Waals surface area (Å²) >= 11 is 0. The number of aromatic hydroxyl groups is 1. The lowest BCUT2D eigenvalue weighted by Gasteiger charge is -2.31. The molecule has 21 heavy (non-hydrogen) atoms. The summed E-state index contributed by atoms with van der Waals surface area (Å²) in [6.45, 7) is 4.58. The molecule has 4 heteroatoms. The lowest BCUT2D eigenvalue weighted by molar-refractivity contribution is 0.458. The average Bonchev–Trinajstić information content (AvgIpc) is 2.49. The molecular formula is C17H20N2O2. The molecule has 0 bridgehead atoms. The lowest BCUT2D eigenvalue weighted by Crippen LogP contribution is -2.32. The van der Waals surface area contributed by atoms with E-state index in [-0.39, 0.29) is 11.2 Å². The van der Waals surface area contributed by atoms with E-state index in [9.17, 15) is 9.90 Å². The van der Waals surface area contributed by atoms with Crippen molar-refractivity contribution in [1.82, 2.24) is 4.57 Å². The summed E-state index contributed by atoms with van der Waals surface area (Å²) < 4.78 is 1.94. The molecule has 0 spiro atoms. The van der Waals surface area contributed by atoms with Crippen LogP contribution in [0.15, 0.2) is 41.3 Å². The van der Waals surface area contributed by atoms with Crippen molar-refractivity contribution in [3.8, 4) is 5.75 Å². The number of fused-ring (bicyclic) bond motifs is 1. The van der Waals surface area contributed by atoms with Crippen LogP contribution in [0.25, 0.3) is 0 Å². The number of hydrogen-bond acceptors (Lipinski definition) is 3. The van der Waals surface area contributed by atoms with E-state index < -0.39 is 0 Å². The van der Waals surface area contributed by atoms with Crippen LogP contribution in [0.3, 0.4) is 0 Å². The lowest BCUT2D eigenvalue weighted by atomic mass is 10.0. The van der Waals surface area contributed by atoms with E-state index in [4.69, 9.17) is 0 Å². The normalized spacial score (nSPS) is 14.0. The van der Waals surface area contributed by atoms with Crippen LogP contribution in [-0.2, 0) is 13.0 Å². The second kappa shape index (κ2) is 5.64. The first-order chi connectivity index (χ1) is 10.1. The Balaban J connectivity index is 1.77. The summed E-state index contributed by atoms with van der Waals surface area (Å²) in [5.41, 5.74) is 3.28. The van der Waals surface area contributed by atoms with Gasteiger partial charge < -0.3 is 14.6 Å². The predicted molar refractivity (Wildman–Crippen MR) is 84.1 cm³/mol. The van der Waals surface area contributed by atoms with Gasteiger partial charge in [-0.2, -0.15) is 0 Å². The van der Waals surface area contributed by atoms with Gasteiger partial charge in [0.25, 0.3) is 0 Å². The summed E-state index contributed by atoms with van der Waals surface area (Å²) in [5.74, 6) is -0.181. The Kier molecular flexibility index (Phi) is 3.69. The van der Waals surface area contributed by atoms with Gasteiger partial charge in [-0.05, 0) is 31.4 Å². The van der Waals surface area contributed by atoms with Crippen molar-refractivity contribution in [2.45, 2.75) is 26.3 Å². The third-order valence-electron chi connectivity index (χ3n) is 4.14. The minimum atomic E-state index is -0.313. The monoisotopic (exact) mass is 284 g/mol. The maximum absolute atomic E-state index is 11.4. The number of hydrogen-bond donors (Lipinski definition) is 1. The van der Waals surface area contributed by atoms with Crippen LogP contribution in [0.1, 0.15) is 17.7 Å². The van der Waals surface area contributed by atoms with Crippen LogP contribution >= 0.6 is 0 Å². The Labute approximate surface area is 124 Å². The van der Waals surface area contributed by atoms with Gasteiger partial charge >= 0.3 is 0 Å². The highest BCUT2D eigenvalue weighted by Crippen LogP contribution is 2.26. The van der Waals surface area contributed by atoms with Gasteiger partial charge in [-0.1, -0.05) is 18.2 Å². The van der Waals surface area contributed by atoms with Crippen LogP contribution < -0.4 is 10.3 Å². The summed E-state index contributed by atoms with van der Waals surface area (Å²) in [7, 11) is 0. The first-order valence-electron chi connectivity index (χ1n) is 7.38. The Bertz CT molecular complexity index is 706. The Hall–Kier alpha value is -2.23. The Morgan fingerprint density at radius 3 is 2.90 bits per heavy atom. The van der Waals surface area contributed by atoms with Gasteiger partial charge in [0.05, 0.1) is 6.20 Å². The van der Waals surface area contributed by atoms with E-state index in [0.717, 1.165) is 31.7 Å². The molecular weight excluding hydrogens is 264 g/mol. The van der Waals surface area contributed by atoms with E-state index in [0.29, 0.717) is 0 Å². The van der Waals surface area contributed by atoms with Gasteiger partial charge in [0, 0.05) is 37.1 Å². The number of nitrogens with zero attached hydrogens (tertiary/aromatic N) is 2. The third kappa shape index (κ3) is 2.79. The molecule has 2 heterocycles. The van der Waals surface area contributed by atoms with Crippen molar-refractivity contribution in [3.05, 3.63) is 58.0 Å². The van der Waals surface area contributed by atoms with Crippen molar-refractivity contribution in [2.75, 3.05) is 18.0 Å². The molecule has 1 aliphatic heterocycles.